The average Bonchev–Trinajstić information content (AvgIpc) is 2.59. The van der Waals surface area contributed by atoms with Gasteiger partial charge in [0.2, 0.25) is 10.0 Å². The molecule has 0 fully saturated rings. The van der Waals surface area contributed by atoms with Crippen LogP contribution >= 0.6 is 0 Å². The van der Waals surface area contributed by atoms with Crippen LogP contribution in [0.15, 0.2) is 59.5 Å². The van der Waals surface area contributed by atoms with Crippen LogP contribution in [0.2, 0.25) is 0 Å². The molecule has 1 N–H and O–H groups in total. The van der Waals surface area contributed by atoms with E-state index in [0.29, 0.717) is 6.42 Å². The Balaban J connectivity index is 2.37. The maximum atomic E-state index is 12.7. The fourth-order valence-electron chi connectivity index (χ4n) is 2.30. The van der Waals surface area contributed by atoms with Crippen molar-refractivity contribution < 1.29 is 17.9 Å². The number of esters is 1. The number of carbonyl (C=O) groups is 1. The molecule has 6 heteroatoms. The number of methoxy groups -OCH3 is 1. The Morgan fingerprint density at radius 1 is 1.09 bits per heavy atom. The number of hydrogen-bond acceptors (Lipinski definition) is 4. The molecule has 0 aromatic heterocycles. The lowest BCUT2D eigenvalue weighted by Gasteiger charge is -2.18. The summed E-state index contributed by atoms with van der Waals surface area (Å²) in [4.78, 5) is 11.7. The van der Waals surface area contributed by atoms with Crippen LogP contribution in [0.25, 0.3) is 0 Å². The third-order valence-electron chi connectivity index (χ3n) is 3.49. The van der Waals surface area contributed by atoms with Crippen LogP contribution in [-0.2, 0) is 14.8 Å². The first-order chi connectivity index (χ1) is 11.0. The minimum Gasteiger partial charge on any atom is -0.465 e. The summed E-state index contributed by atoms with van der Waals surface area (Å²) >= 11 is 0. The molecule has 0 amide bonds. The largest absolute Gasteiger partial charge is 0.465 e. The second-order valence-electron chi connectivity index (χ2n) is 4.98. The monoisotopic (exact) mass is 333 g/mol. The number of sulfonamides is 1. The second kappa shape index (κ2) is 7.39. The van der Waals surface area contributed by atoms with Gasteiger partial charge in [-0.3, -0.25) is 0 Å². The highest BCUT2D eigenvalue weighted by Crippen LogP contribution is 2.22. The molecule has 1 unspecified atom stereocenters. The van der Waals surface area contributed by atoms with Gasteiger partial charge in [-0.2, -0.15) is 0 Å². The molecular formula is C17H19NO4S. The van der Waals surface area contributed by atoms with E-state index >= 15 is 0 Å². The molecule has 2 aromatic rings. The van der Waals surface area contributed by atoms with Crippen molar-refractivity contribution in [3.63, 3.8) is 0 Å². The van der Waals surface area contributed by atoms with E-state index in [1.54, 1.807) is 12.1 Å². The van der Waals surface area contributed by atoms with Crippen LogP contribution < -0.4 is 4.72 Å². The van der Waals surface area contributed by atoms with Gasteiger partial charge >= 0.3 is 5.97 Å². The van der Waals surface area contributed by atoms with Crippen LogP contribution in [-0.4, -0.2) is 21.5 Å². The molecule has 23 heavy (non-hydrogen) atoms. The Hall–Kier alpha value is -2.18. The summed E-state index contributed by atoms with van der Waals surface area (Å²) in [6, 6.07) is 14.9. The molecule has 0 spiro atoms. The van der Waals surface area contributed by atoms with E-state index in [4.69, 9.17) is 0 Å². The molecule has 5 nitrogen and oxygen atoms in total. The van der Waals surface area contributed by atoms with Gasteiger partial charge in [0.05, 0.1) is 17.6 Å². The van der Waals surface area contributed by atoms with E-state index in [1.807, 2.05) is 37.3 Å². The van der Waals surface area contributed by atoms with Crippen molar-refractivity contribution in [1.82, 2.24) is 4.72 Å². The minimum absolute atomic E-state index is 0.0189. The third-order valence-corrected chi connectivity index (χ3v) is 5.02. The first-order valence-electron chi connectivity index (χ1n) is 7.24. The summed E-state index contributed by atoms with van der Waals surface area (Å²) < 4.78 is 32.7. The van der Waals surface area contributed by atoms with Crippen molar-refractivity contribution in [3.8, 4) is 0 Å². The van der Waals surface area contributed by atoms with Crippen molar-refractivity contribution in [2.24, 2.45) is 0 Å². The average molecular weight is 333 g/mol. The topological polar surface area (TPSA) is 72.5 Å². The summed E-state index contributed by atoms with van der Waals surface area (Å²) in [5.41, 5.74) is 0.888. The molecule has 0 aliphatic heterocycles. The van der Waals surface area contributed by atoms with E-state index in [9.17, 15) is 13.2 Å². The molecule has 2 rings (SSSR count). The molecule has 2 aromatic carbocycles. The van der Waals surface area contributed by atoms with E-state index in [0.717, 1.165) is 5.56 Å². The predicted molar refractivity (Wildman–Crippen MR) is 87.6 cm³/mol. The highest BCUT2D eigenvalue weighted by Gasteiger charge is 2.25. The Kier molecular flexibility index (Phi) is 5.52. The maximum Gasteiger partial charge on any atom is 0.339 e. The molecule has 0 heterocycles. The molecule has 0 aliphatic rings. The Labute approximate surface area is 136 Å². The van der Waals surface area contributed by atoms with Gasteiger partial charge in [-0.05, 0) is 24.1 Å². The number of benzene rings is 2. The highest BCUT2D eigenvalue weighted by molar-refractivity contribution is 7.89. The molecule has 122 valence electrons. The smallest absolute Gasteiger partial charge is 0.339 e. The van der Waals surface area contributed by atoms with E-state index in [-0.39, 0.29) is 16.5 Å². The predicted octanol–water partition coefficient (Wildman–Crippen LogP) is 2.90. The number of hydrogen-bond donors (Lipinski definition) is 1. The quantitative estimate of drug-likeness (QED) is 0.825. The summed E-state index contributed by atoms with van der Waals surface area (Å²) in [6.07, 6.45) is 0.587. The Morgan fingerprint density at radius 3 is 2.30 bits per heavy atom. The van der Waals surface area contributed by atoms with Gasteiger partial charge in [-0.25, -0.2) is 17.9 Å². The first kappa shape index (κ1) is 17.2. The van der Waals surface area contributed by atoms with Gasteiger partial charge in [-0.1, -0.05) is 49.4 Å². The van der Waals surface area contributed by atoms with Crippen molar-refractivity contribution >= 4 is 16.0 Å². The number of ether oxygens (including phenoxy) is 1. The lowest BCUT2D eigenvalue weighted by molar-refractivity contribution is 0.0596. The zero-order valence-corrected chi connectivity index (χ0v) is 13.8. The number of nitrogens with one attached hydrogen (secondary N) is 1. The van der Waals surface area contributed by atoms with Crippen molar-refractivity contribution in [1.29, 1.82) is 0 Å². The Bertz CT molecular complexity index is 772. The van der Waals surface area contributed by atoms with E-state index in [1.165, 1.54) is 19.2 Å². The number of rotatable bonds is 6. The van der Waals surface area contributed by atoms with Crippen LogP contribution in [0.3, 0.4) is 0 Å². The van der Waals surface area contributed by atoms with Crippen LogP contribution in [0.1, 0.15) is 35.3 Å². The minimum atomic E-state index is -3.86. The zero-order chi connectivity index (χ0) is 16.9. The fraction of sp³-hybridized carbons (Fsp3) is 0.235. The van der Waals surface area contributed by atoms with Gasteiger partial charge in [0, 0.05) is 6.04 Å². The molecule has 0 bridgehead atoms. The van der Waals surface area contributed by atoms with Gasteiger partial charge < -0.3 is 4.74 Å². The molecular weight excluding hydrogens is 314 g/mol. The molecule has 1 atom stereocenters. The molecule has 0 aliphatic carbocycles. The first-order valence-corrected chi connectivity index (χ1v) is 8.72. The van der Waals surface area contributed by atoms with Crippen molar-refractivity contribution in [2.45, 2.75) is 24.3 Å². The lowest BCUT2D eigenvalue weighted by atomic mass is 10.1. The molecule has 0 saturated carbocycles. The SMILES string of the molecule is CCC(NS(=O)(=O)c1ccccc1C(=O)OC)c1ccccc1. The maximum absolute atomic E-state index is 12.7. The summed E-state index contributed by atoms with van der Waals surface area (Å²) in [7, 11) is -2.64. The van der Waals surface area contributed by atoms with Gasteiger partial charge in [0.1, 0.15) is 0 Å². The lowest BCUT2D eigenvalue weighted by Crippen LogP contribution is -2.29. The highest BCUT2D eigenvalue weighted by atomic mass is 32.2. The standard InChI is InChI=1S/C17H19NO4S/c1-3-15(13-9-5-4-6-10-13)18-23(20,21)16-12-8-7-11-14(16)17(19)22-2/h4-12,15,18H,3H2,1-2H3. The van der Waals surface area contributed by atoms with Crippen LogP contribution in [0.5, 0.6) is 0 Å². The normalized spacial score (nSPS) is 12.6. The van der Waals surface area contributed by atoms with Crippen molar-refractivity contribution in [3.05, 3.63) is 65.7 Å². The van der Waals surface area contributed by atoms with E-state index < -0.39 is 16.0 Å². The van der Waals surface area contributed by atoms with Crippen LogP contribution in [0.4, 0.5) is 0 Å². The van der Waals surface area contributed by atoms with Gasteiger partial charge in [0.15, 0.2) is 0 Å². The van der Waals surface area contributed by atoms with Crippen molar-refractivity contribution in [2.75, 3.05) is 7.11 Å². The zero-order valence-electron chi connectivity index (χ0n) is 13.0. The summed E-state index contributed by atoms with van der Waals surface area (Å²) in [5, 5.41) is 0. The molecule has 0 saturated heterocycles. The number of carbonyl (C=O) groups excluding carboxylic acids is 1. The summed E-state index contributed by atoms with van der Waals surface area (Å²) in [5.74, 6) is -0.682. The molecule has 0 radical (unpaired) electrons. The van der Waals surface area contributed by atoms with E-state index in [2.05, 4.69) is 9.46 Å². The third kappa shape index (κ3) is 3.97. The Morgan fingerprint density at radius 2 is 1.70 bits per heavy atom. The second-order valence-corrected chi connectivity index (χ2v) is 6.66. The summed E-state index contributed by atoms with van der Waals surface area (Å²) in [6.45, 7) is 1.90. The fourth-order valence-corrected chi connectivity index (χ4v) is 3.81. The van der Waals surface area contributed by atoms with Gasteiger partial charge in [-0.15, -0.1) is 0 Å². The van der Waals surface area contributed by atoms with Gasteiger partial charge in [0.25, 0.3) is 0 Å². The van der Waals surface area contributed by atoms with Crippen LogP contribution in [0, 0.1) is 0 Å².